The van der Waals surface area contributed by atoms with Crippen molar-refractivity contribution in [3.63, 3.8) is 0 Å². The van der Waals surface area contributed by atoms with Crippen molar-refractivity contribution in [2.45, 2.75) is 13.1 Å². The Balaban J connectivity index is 2.19. The second-order valence-corrected chi connectivity index (χ2v) is 5.66. The molecule has 2 aromatic carbocycles. The summed E-state index contributed by atoms with van der Waals surface area (Å²) in [5.41, 5.74) is 3.59. The zero-order chi connectivity index (χ0) is 14.5. The largest absolute Gasteiger partial charge is 0.370 e. The molecule has 20 heavy (non-hydrogen) atoms. The minimum absolute atomic E-state index is 0.763. The van der Waals surface area contributed by atoms with Crippen LogP contribution in [0.15, 0.2) is 42.5 Å². The standard InChI is InChI=1S/C16H18Cl2N2/c1-19-10-13-9-15(18)7-8-16(13)20(2)11-12-3-5-14(17)6-4-12/h3-9,19H,10-11H2,1-2H3. The first kappa shape index (κ1) is 15.2. The number of rotatable bonds is 5. The van der Waals surface area contributed by atoms with Crippen LogP contribution < -0.4 is 10.2 Å². The van der Waals surface area contributed by atoms with Crippen molar-refractivity contribution in [3.05, 3.63) is 63.6 Å². The molecule has 0 heterocycles. The normalized spacial score (nSPS) is 10.6. The molecule has 2 nitrogen and oxygen atoms in total. The number of nitrogens with one attached hydrogen (secondary N) is 1. The van der Waals surface area contributed by atoms with Crippen LogP contribution in [0, 0.1) is 0 Å². The number of hydrogen-bond acceptors (Lipinski definition) is 2. The Kier molecular flexibility index (Phi) is 5.30. The molecule has 2 rings (SSSR count). The summed E-state index contributed by atoms with van der Waals surface area (Å²) < 4.78 is 0. The second-order valence-electron chi connectivity index (χ2n) is 4.79. The highest BCUT2D eigenvalue weighted by Crippen LogP contribution is 2.25. The third-order valence-corrected chi connectivity index (χ3v) is 3.64. The van der Waals surface area contributed by atoms with Crippen molar-refractivity contribution in [2.75, 3.05) is 19.0 Å². The molecule has 106 valence electrons. The fourth-order valence-corrected chi connectivity index (χ4v) is 2.53. The maximum atomic E-state index is 6.07. The van der Waals surface area contributed by atoms with Crippen molar-refractivity contribution in [1.82, 2.24) is 5.32 Å². The first-order chi connectivity index (χ1) is 9.60. The van der Waals surface area contributed by atoms with E-state index in [2.05, 4.69) is 23.3 Å². The van der Waals surface area contributed by atoms with Crippen molar-refractivity contribution >= 4 is 28.9 Å². The lowest BCUT2D eigenvalue weighted by molar-refractivity contribution is 0.805. The maximum absolute atomic E-state index is 6.07. The minimum Gasteiger partial charge on any atom is -0.370 e. The quantitative estimate of drug-likeness (QED) is 0.883. The average Bonchev–Trinajstić information content (AvgIpc) is 2.42. The zero-order valence-electron chi connectivity index (χ0n) is 11.7. The van der Waals surface area contributed by atoms with Crippen molar-refractivity contribution < 1.29 is 0 Å². The lowest BCUT2D eigenvalue weighted by atomic mass is 10.1. The lowest BCUT2D eigenvalue weighted by Gasteiger charge is -2.23. The highest BCUT2D eigenvalue weighted by molar-refractivity contribution is 6.31. The third-order valence-electron chi connectivity index (χ3n) is 3.15. The summed E-state index contributed by atoms with van der Waals surface area (Å²) in [6, 6.07) is 13.9. The molecule has 4 heteroatoms. The van der Waals surface area contributed by atoms with Gasteiger partial charge in [-0.1, -0.05) is 35.3 Å². The van der Waals surface area contributed by atoms with Crippen molar-refractivity contribution in [2.24, 2.45) is 0 Å². The van der Waals surface area contributed by atoms with E-state index in [1.54, 1.807) is 0 Å². The molecule has 0 spiro atoms. The SMILES string of the molecule is CNCc1cc(Cl)ccc1N(C)Cc1ccc(Cl)cc1. The molecule has 0 saturated carbocycles. The van der Waals surface area contributed by atoms with Gasteiger partial charge < -0.3 is 10.2 Å². The summed E-state index contributed by atoms with van der Waals surface area (Å²) in [4.78, 5) is 2.21. The topological polar surface area (TPSA) is 15.3 Å². The van der Waals surface area contributed by atoms with Gasteiger partial charge in [-0.25, -0.2) is 0 Å². The summed E-state index contributed by atoms with van der Waals surface area (Å²) in [5, 5.41) is 4.70. The monoisotopic (exact) mass is 308 g/mol. The zero-order valence-corrected chi connectivity index (χ0v) is 13.2. The predicted molar refractivity (Wildman–Crippen MR) is 87.8 cm³/mol. The van der Waals surface area contributed by atoms with Crippen LogP contribution in [-0.4, -0.2) is 14.1 Å². The molecule has 0 aliphatic carbocycles. The van der Waals surface area contributed by atoms with Crippen LogP contribution in [0.25, 0.3) is 0 Å². The first-order valence-corrected chi connectivity index (χ1v) is 7.24. The molecule has 0 unspecified atom stereocenters. The molecule has 0 amide bonds. The van der Waals surface area contributed by atoms with Gasteiger partial charge in [0.25, 0.3) is 0 Å². The van der Waals surface area contributed by atoms with Gasteiger partial charge in [0.1, 0.15) is 0 Å². The fourth-order valence-electron chi connectivity index (χ4n) is 2.21. The van der Waals surface area contributed by atoms with E-state index in [4.69, 9.17) is 23.2 Å². The number of anilines is 1. The van der Waals surface area contributed by atoms with Crippen LogP contribution in [0.2, 0.25) is 10.0 Å². The second kappa shape index (κ2) is 6.98. The Hall–Kier alpha value is -1.22. The summed E-state index contributed by atoms with van der Waals surface area (Å²) in [7, 11) is 4.01. The fraction of sp³-hybridized carbons (Fsp3) is 0.250. The Labute approximate surface area is 130 Å². The van der Waals surface area contributed by atoms with Crippen LogP contribution in [0.5, 0.6) is 0 Å². The summed E-state index contributed by atoms with van der Waals surface area (Å²) in [6.45, 7) is 1.62. The van der Waals surface area contributed by atoms with E-state index in [0.717, 1.165) is 23.1 Å². The average molecular weight is 309 g/mol. The molecule has 2 aromatic rings. The molecule has 0 bridgehead atoms. The van der Waals surface area contributed by atoms with E-state index in [0.29, 0.717) is 0 Å². The first-order valence-electron chi connectivity index (χ1n) is 6.49. The van der Waals surface area contributed by atoms with E-state index >= 15 is 0 Å². The Morgan fingerprint density at radius 3 is 2.30 bits per heavy atom. The van der Waals surface area contributed by atoms with Crippen molar-refractivity contribution in [1.29, 1.82) is 0 Å². The molecule has 1 N–H and O–H groups in total. The van der Waals surface area contributed by atoms with E-state index in [1.807, 2.05) is 43.4 Å². The molecule has 0 saturated heterocycles. The third kappa shape index (κ3) is 3.89. The molecule has 0 aliphatic heterocycles. The van der Waals surface area contributed by atoms with Crippen LogP contribution in [0.3, 0.4) is 0 Å². The van der Waals surface area contributed by atoms with Crippen LogP contribution in [0.4, 0.5) is 5.69 Å². The van der Waals surface area contributed by atoms with Gasteiger partial charge in [-0.2, -0.15) is 0 Å². The summed E-state index contributed by atoms with van der Waals surface area (Å²) in [6.07, 6.45) is 0. The number of benzene rings is 2. The van der Waals surface area contributed by atoms with Crippen LogP contribution >= 0.6 is 23.2 Å². The molecule has 0 fully saturated rings. The maximum Gasteiger partial charge on any atom is 0.0426 e. The van der Waals surface area contributed by atoms with Crippen LogP contribution in [-0.2, 0) is 13.1 Å². The van der Waals surface area contributed by atoms with Gasteiger partial charge in [-0.15, -0.1) is 0 Å². The lowest BCUT2D eigenvalue weighted by Crippen LogP contribution is -2.19. The van der Waals surface area contributed by atoms with E-state index in [1.165, 1.54) is 16.8 Å². The Morgan fingerprint density at radius 2 is 1.65 bits per heavy atom. The predicted octanol–water partition coefficient (Wildman–Crippen LogP) is 4.35. The van der Waals surface area contributed by atoms with Gasteiger partial charge in [0, 0.05) is 35.9 Å². The number of hydrogen-bond donors (Lipinski definition) is 1. The van der Waals surface area contributed by atoms with Gasteiger partial charge in [-0.3, -0.25) is 0 Å². The molecule has 0 aromatic heterocycles. The highest BCUT2D eigenvalue weighted by atomic mass is 35.5. The smallest absolute Gasteiger partial charge is 0.0426 e. The van der Waals surface area contributed by atoms with Gasteiger partial charge in [-0.05, 0) is 48.5 Å². The Bertz CT molecular complexity index is 567. The molecular weight excluding hydrogens is 291 g/mol. The molecule has 0 aliphatic rings. The van der Waals surface area contributed by atoms with Gasteiger partial charge >= 0.3 is 0 Å². The van der Waals surface area contributed by atoms with Crippen molar-refractivity contribution in [3.8, 4) is 0 Å². The van der Waals surface area contributed by atoms with E-state index < -0.39 is 0 Å². The minimum atomic E-state index is 0.763. The van der Waals surface area contributed by atoms with E-state index in [9.17, 15) is 0 Å². The molecular formula is C16H18Cl2N2. The summed E-state index contributed by atoms with van der Waals surface area (Å²) in [5.74, 6) is 0. The Morgan fingerprint density at radius 1 is 1.00 bits per heavy atom. The molecule has 0 atom stereocenters. The number of nitrogens with zero attached hydrogens (tertiary/aromatic N) is 1. The van der Waals surface area contributed by atoms with Crippen LogP contribution in [0.1, 0.15) is 11.1 Å². The highest BCUT2D eigenvalue weighted by Gasteiger charge is 2.08. The van der Waals surface area contributed by atoms with Gasteiger partial charge in [0.2, 0.25) is 0 Å². The summed E-state index contributed by atoms with van der Waals surface area (Å²) >= 11 is 12.0. The van der Waals surface area contributed by atoms with E-state index in [-0.39, 0.29) is 0 Å². The molecule has 0 radical (unpaired) electrons. The number of halogens is 2. The van der Waals surface area contributed by atoms with Gasteiger partial charge in [0.05, 0.1) is 0 Å². The van der Waals surface area contributed by atoms with Gasteiger partial charge in [0.15, 0.2) is 0 Å².